The summed E-state index contributed by atoms with van der Waals surface area (Å²) in [6.45, 7) is 7.40. The van der Waals surface area contributed by atoms with Crippen molar-refractivity contribution in [2.75, 3.05) is 7.05 Å². The van der Waals surface area contributed by atoms with Crippen LogP contribution < -0.4 is 0 Å². The van der Waals surface area contributed by atoms with E-state index < -0.39 is 11.7 Å². The monoisotopic (exact) mass is 221 g/mol. The number of nitrogens with zero attached hydrogens (tertiary/aromatic N) is 1. The van der Waals surface area contributed by atoms with E-state index in [1.54, 1.807) is 7.05 Å². The Labute approximate surface area is 95.4 Å². The molecule has 0 aliphatic rings. The molecule has 3 heteroatoms. The number of aryl methyl sites for hydroxylation is 1. The van der Waals surface area contributed by atoms with E-state index in [0.29, 0.717) is 6.54 Å². The van der Waals surface area contributed by atoms with Crippen molar-refractivity contribution >= 4 is 5.91 Å². The molecule has 1 amide bonds. The van der Waals surface area contributed by atoms with Gasteiger partial charge in [0.05, 0.1) is 0 Å². The lowest BCUT2D eigenvalue weighted by Gasteiger charge is -2.18. The van der Waals surface area contributed by atoms with Gasteiger partial charge in [-0.25, -0.2) is 4.39 Å². The average molecular weight is 221 g/mol. The van der Waals surface area contributed by atoms with Gasteiger partial charge in [0.1, 0.15) is 0 Å². The molecule has 1 rings (SSSR count). The van der Waals surface area contributed by atoms with Gasteiger partial charge in [0, 0.05) is 13.6 Å². The molecule has 0 aromatic heterocycles. The van der Waals surface area contributed by atoms with E-state index >= 15 is 0 Å². The van der Waals surface area contributed by atoms with Crippen LogP contribution in [0, 0.1) is 13.8 Å². The van der Waals surface area contributed by atoms with Gasteiger partial charge < -0.3 is 4.90 Å². The lowest BCUT2D eigenvalue weighted by Crippen LogP contribution is -2.26. The Kier molecular flexibility index (Phi) is 3.82. The minimum atomic E-state index is -0.923. The van der Waals surface area contributed by atoms with Crippen LogP contribution in [0.2, 0.25) is 0 Å². The Balaban J connectivity index is 2.85. The lowest BCUT2D eigenvalue weighted by molar-refractivity contribution is -0.127. The number of likely N-dealkylation sites (N-methyl/N-ethyl adjacent to an activating group) is 1. The van der Waals surface area contributed by atoms with Gasteiger partial charge in [0.25, 0.3) is 5.91 Å². The van der Waals surface area contributed by atoms with Crippen LogP contribution in [-0.2, 0) is 11.3 Å². The topological polar surface area (TPSA) is 20.3 Å². The van der Waals surface area contributed by atoms with Crippen LogP contribution in [-0.4, -0.2) is 17.9 Å². The molecule has 0 unspecified atom stereocenters. The van der Waals surface area contributed by atoms with E-state index in [4.69, 9.17) is 0 Å². The minimum Gasteiger partial charge on any atom is -0.335 e. The zero-order chi connectivity index (χ0) is 12.3. The summed E-state index contributed by atoms with van der Waals surface area (Å²) in [5, 5.41) is 0. The predicted molar refractivity (Wildman–Crippen MR) is 62.6 cm³/mol. The van der Waals surface area contributed by atoms with Gasteiger partial charge in [-0.3, -0.25) is 4.79 Å². The Morgan fingerprint density at radius 2 is 2.06 bits per heavy atom. The number of amides is 1. The van der Waals surface area contributed by atoms with Crippen LogP contribution in [0.15, 0.2) is 30.6 Å². The van der Waals surface area contributed by atoms with Crippen LogP contribution in [0.4, 0.5) is 4.39 Å². The summed E-state index contributed by atoms with van der Waals surface area (Å²) in [6.07, 6.45) is 0. The highest BCUT2D eigenvalue weighted by Crippen LogP contribution is 2.15. The van der Waals surface area contributed by atoms with Gasteiger partial charge in [0.2, 0.25) is 0 Å². The first-order valence-electron chi connectivity index (χ1n) is 5.08. The van der Waals surface area contributed by atoms with Gasteiger partial charge in [-0.1, -0.05) is 24.8 Å². The molecule has 0 N–H and O–H groups in total. The Morgan fingerprint density at radius 3 is 2.62 bits per heavy atom. The number of carbonyl (C=O) groups excluding carboxylic acids is 1. The first kappa shape index (κ1) is 12.4. The van der Waals surface area contributed by atoms with E-state index in [-0.39, 0.29) is 0 Å². The predicted octanol–water partition coefficient (Wildman–Crippen LogP) is 2.75. The third kappa shape index (κ3) is 2.69. The third-order valence-corrected chi connectivity index (χ3v) is 2.70. The van der Waals surface area contributed by atoms with Gasteiger partial charge >= 0.3 is 0 Å². The van der Waals surface area contributed by atoms with Gasteiger partial charge in [0.15, 0.2) is 5.83 Å². The number of benzene rings is 1. The molecule has 2 nitrogen and oxygen atoms in total. The summed E-state index contributed by atoms with van der Waals surface area (Å²) >= 11 is 0. The van der Waals surface area contributed by atoms with Crippen LogP contribution in [0.5, 0.6) is 0 Å². The summed E-state index contributed by atoms with van der Waals surface area (Å²) in [4.78, 5) is 12.6. The first-order chi connectivity index (χ1) is 7.43. The largest absolute Gasteiger partial charge is 0.335 e. The highest BCUT2D eigenvalue weighted by Gasteiger charge is 2.13. The van der Waals surface area contributed by atoms with Crippen LogP contribution in [0.1, 0.15) is 16.7 Å². The summed E-state index contributed by atoms with van der Waals surface area (Å²) in [6, 6.07) is 5.88. The van der Waals surface area contributed by atoms with Crippen molar-refractivity contribution in [1.29, 1.82) is 0 Å². The molecule has 0 fully saturated rings. The smallest absolute Gasteiger partial charge is 0.282 e. The fraction of sp³-hybridized carbons (Fsp3) is 0.308. The summed E-state index contributed by atoms with van der Waals surface area (Å²) in [5.41, 5.74) is 3.32. The molecule has 86 valence electrons. The first-order valence-corrected chi connectivity index (χ1v) is 5.08. The second kappa shape index (κ2) is 4.92. The molecule has 0 aliphatic carbocycles. The Hall–Kier alpha value is -1.64. The van der Waals surface area contributed by atoms with Crippen molar-refractivity contribution in [3.05, 3.63) is 47.3 Å². The lowest BCUT2D eigenvalue weighted by atomic mass is 10.0. The number of carbonyl (C=O) groups is 1. The molecule has 0 spiro atoms. The molecule has 0 aliphatic heterocycles. The van der Waals surface area contributed by atoms with E-state index in [1.165, 1.54) is 4.90 Å². The van der Waals surface area contributed by atoms with Crippen molar-refractivity contribution in [3.63, 3.8) is 0 Å². The third-order valence-electron chi connectivity index (χ3n) is 2.70. The molecule has 0 saturated heterocycles. The van der Waals surface area contributed by atoms with E-state index in [2.05, 4.69) is 6.58 Å². The molecule has 0 bridgehead atoms. The number of hydrogen-bond donors (Lipinski definition) is 0. The average Bonchev–Trinajstić information content (AvgIpc) is 2.23. The van der Waals surface area contributed by atoms with Gasteiger partial charge in [-0.05, 0) is 30.5 Å². The van der Waals surface area contributed by atoms with E-state index in [9.17, 15) is 9.18 Å². The van der Waals surface area contributed by atoms with Gasteiger partial charge in [-0.15, -0.1) is 0 Å². The summed E-state index contributed by atoms with van der Waals surface area (Å²) in [5.74, 6) is -1.59. The van der Waals surface area contributed by atoms with Crippen molar-refractivity contribution in [1.82, 2.24) is 4.90 Å². The van der Waals surface area contributed by atoms with Crippen LogP contribution in [0.3, 0.4) is 0 Å². The maximum Gasteiger partial charge on any atom is 0.282 e. The van der Waals surface area contributed by atoms with Crippen molar-refractivity contribution in [2.45, 2.75) is 20.4 Å². The Bertz CT molecular complexity index is 426. The van der Waals surface area contributed by atoms with Crippen molar-refractivity contribution < 1.29 is 9.18 Å². The molecule has 0 radical (unpaired) electrons. The van der Waals surface area contributed by atoms with E-state index in [1.807, 2.05) is 32.0 Å². The number of hydrogen-bond acceptors (Lipinski definition) is 1. The highest BCUT2D eigenvalue weighted by atomic mass is 19.1. The quantitative estimate of drug-likeness (QED) is 0.719. The minimum absolute atomic E-state index is 0.398. The second-order valence-electron chi connectivity index (χ2n) is 3.93. The molecular weight excluding hydrogens is 205 g/mol. The maximum atomic E-state index is 12.6. The molecule has 1 aromatic rings. The normalized spacial score (nSPS) is 10.0. The molecule has 0 heterocycles. The molecule has 16 heavy (non-hydrogen) atoms. The fourth-order valence-corrected chi connectivity index (χ4v) is 1.52. The SMILES string of the molecule is C=C(F)C(=O)N(C)Cc1cccc(C)c1C. The molecule has 0 saturated carbocycles. The van der Waals surface area contributed by atoms with Crippen molar-refractivity contribution in [2.24, 2.45) is 0 Å². The van der Waals surface area contributed by atoms with Crippen LogP contribution in [0.25, 0.3) is 0 Å². The zero-order valence-electron chi connectivity index (χ0n) is 9.88. The highest BCUT2D eigenvalue weighted by molar-refractivity contribution is 5.90. The number of halogens is 1. The summed E-state index contributed by atoms with van der Waals surface area (Å²) < 4.78 is 12.6. The van der Waals surface area contributed by atoms with Crippen LogP contribution >= 0.6 is 0 Å². The zero-order valence-corrected chi connectivity index (χ0v) is 9.88. The second-order valence-corrected chi connectivity index (χ2v) is 3.93. The molecule has 1 aromatic carbocycles. The van der Waals surface area contributed by atoms with E-state index in [0.717, 1.165) is 16.7 Å². The fourth-order valence-electron chi connectivity index (χ4n) is 1.52. The molecular formula is C13H16FNO. The van der Waals surface area contributed by atoms with Crippen molar-refractivity contribution in [3.8, 4) is 0 Å². The van der Waals surface area contributed by atoms with Gasteiger partial charge in [-0.2, -0.15) is 0 Å². The summed E-state index contributed by atoms with van der Waals surface area (Å²) in [7, 11) is 1.56. The Morgan fingerprint density at radius 1 is 1.44 bits per heavy atom. The maximum absolute atomic E-state index is 12.6. The molecule has 0 atom stereocenters. The number of rotatable bonds is 3. The standard InChI is InChI=1S/C13H16FNO/c1-9-6-5-7-12(10(9)2)8-15(4)13(16)11(3)14/h5-7H,3,8H2,1-2,4H3.